The van der Waals surface area contributed by atoms with Crippen LogP contribution in [0.3, 0.4) is 0 Å². The van der Waals surface area contributed by atoms with E-state index in [0.717, 1.165) is 5.56 Å². The van der Waals surface area contributed by atoms with Crippen LogP contribution in [0.15, 0.2) is 30.3 Å². The minimum Gasteiger partial charge on any atom is -0.479 e. The summed E-state index contributed by atoms with van der Waals surface area (Å²) in [5, 5.41) is 8.83. The van der Waals surface area contributed by atoms with Crippen molar-refractivity contribution in [2.75, 3.05) is 6.61 Å². The van der Waals surface area contributed by atoms with Crippen LogP contribution < -0.4 is 0 Å². The van der Waals surface area contributed by atoms with Crippen molar-refractivity contribution in [3.8, 4) is 0 Å². The van der Waals surface area contributed by atoms with Crippen LogP contribution in [0.25, 0.3) is 0 Å². The predicted octanol–water partition coefficient (Wildman–Crippen LogP) is 0.997. The molecule has 1 atom stereocenters. The lowest BCUT2D eigenvalue weighted by Crippen LogP contribution is -2.21. The lowest BCUT2D eigenvalue weighted by atomic mass is 10.0. The van der Waals surface area contributed by atoms with Gasteiger partial charge in [0.05, 0.1) is 6.61 Å². The molecule has 0 saturated carbocycles. The summed E-state index contributed by atoms with van der Waals surface area (Å²) in [4.78, 5) is 10.8. The van der Waals surface area contributed by atoms with Crippen LogP contribution in [0.5, 0.6) is 0 Å². The molecule has 62 valence electrons. The number of benzene rings is 1. The molecule has 0 spiro atoms. The first-order valence-electron chi connectivity index (χ1n) is 3.68. The molecule has 1 fully saturated rings. The molecule has 1 aromatic rings. The van der Waals surface area contributed by atoms with Crippen molar-refractivity contribution in [3.63, 3.8) is 0 Å². The third-order valence-electron chi connectivity index (χ3n) is 2.02. The van der Waals surface area contributed by atoms with E-state index in [0.29, 0.717) is 0 Å². The van der Waals surface area contributed by atoms with Gasteiger partial charge in [-0.15, -0.1) is 0 Å². The number of epoxide rings is 1. The van der Waals surface area contributed by atoms with Crippen molar-refractivity contribution in [3.05, 3.63) is 35.9 Å². The fourth-order valence-electron chi connectivity index (χ4n) is 1.19. The molecule has 1 heterocycles. The fraction of sp³-hybridized carbons (Fsp3) is 0.222. The van der Waals surface area contributed by atoms with Gasteiger partial charge in [0, 0.05) is 0 Å². The van der Waals surface area contributed by atoms with Gasteiger partial charge in [0.25, 0.3) is 0 Å². The Balaban J connectivity index is 2.37. The number of carboxylic acids is 1. The molecular weight excluding hydrogens is 156 g/mol. The highest BCUT2D eigenvalue weighted by molar-refractivity contribution is 5.82. The maximum absolute atomic E-state index is 10.8. The standard InChI is InChI=1S/C9H8O3/c10-8(11)9(6-12-9)7-4-2-1-3-5-7/h1-5H,6H2,(H,10,11)/t9-/m1/s1. The monoisotopic (exact) mass is 164 g/mol. The van der Waals surface area contributed by atoms with E-state index in [9.17, 15) is 4.79 Å². The Morgan fingerprint density at radius 3 is 2.42 bits per heavy atom. The van der Waals surface area contributed by atoms with Gasteiger partial charge in [-0.25, -0.2) is 4.79 Å². The molecule has 0 bridgehead atoms. The third-order valence-corrected chi connectivity index (χ3v) is 2.02. The highest BCUT2D eigenvalue weighted by Crippen LogP contribution is 2.38. The summed E-state index contributed by atoms with van der Waals surface area (Å²) < 4.78 is 4.94. The number of hydrogen-bond donors (Lipinski definition) is 1. The van der Waals surface area contributed by atoms with Gasteiger partial charge >= 0.3 is 5.97 Å². The van der Waals surface area contributed by atoms with Crippen molar-refractivity contribution in [1.29, 1.82) is 0 Å². The quantitative estimate of drug-likeness (QED) is 0.663. The van der Waals surface area contributed by atoms with E-state index >= 15 is 0 Å². The number of hydrogen-bond acceptors (Lipinski definition) is 2. The van der Waals surface area contributed by atoms with E-state index in [1.807, 2.05) is 18.2 Å². The van der Waals surface area contributed by atoms with Gasteiger partial charge < -0.3 is 9.84 Å². The summed E-state index contributed by atoms with van der Waals surface area (Å²) in [5.74, 6) is -0.909. The average molecular weight is 164 g/mol. The second-order valence-corrected chi connectivity index (χ2v) is 2.79. The molecule has 1 aliphatic heterocycles. The molecule has 1 saturated heterocycles. The molecular formula is C9H8O3. The fourth-order valence-corrected chi connectivity index (χ4v) is 1.19. The molecule has 0 radical (unpaired) electrons. The zero-order valence-corrected chi connectivity index (χ0v) is 6.36. The predicted molar refractivity (Wildman–Crippen MR) is 41.7 cm³/mol. The van der Waals surface area contributed by atoms with Gasteiger partial charge in [-0.05, 0) is 5.56 Å². The normalized spacial score (nSPS) is 26.7. The van der Waals surface area contributed by atoms with E-state index in [2.05, 4.69) is 0 Å². The van der Waals surface area contributed by atoms with Gasteiger partial charge in [0.1, 0.15) is 0 Å². The van der Waals surface area contributed by atoms with Gasteiger partial charge in [0.2, 0.25) is 5.60 Å². The van der Waals surface area contributed by atoms with E-state index in [1.165, 1.54) is 0 Å². The zero-order chi connectivity index (χ0) is 8.60. The van der Waals surface area contributed by atoms with Crippen LogP contribution in [0.2, 0.25) is 0 Å². The maximum atomic E-state index is 10.8. The molecule has 12 heavy (non-hydrogen) atoms. The Kier molecular flexibility index (Phi) is 1.41. The van der Waals surface area contributed by atoms with Crippen LogP contribution in [0, 0.1) is 0 Å². The van der Waals surface area contributed by atoms with Gasteiger partial charge in [-0.1, -0.05) is 30.3 Å². The second kappa shape index (κ2) is 2.32. The van der Waals surface area contributed by atoms with E-state index in [1.54, 1.807) is 12.1 Å². The summed E-state index contributed by atoms with van der Waals surface area (Å²) in [5.41, 5.74) is -0.321. The maximum Gasteiger partial charge on any atom is 0.343 e. The summed E-state index contributed by atoms with van der Waals surface area (Å²) in [6.45, 7) is 0.284. The van der Waals surface area contributed by atoms with E-state index in [-0.39, 0.29) is 6.61 Å². The van der Waals surface area contributed by atoms with E-state index in [4.69, 9.17) is 9.84 Å². The van der Waals surface area contributed by atoms with Gasteiger partial charge in [-0.3, -0.25) is 0 Å². The van der Waals surface area contributed by atoms with Crippen LogP contribution in [0.1, 0.15) is 5.56 Å². The lowest BCUT2D eigenvalue weighted by Gasteiger charge is -2.04. The molecule has 3 heteroatoms. The Labute approximate surface area is 69.6 Å². The summed E-state index contributed by atoms with van der Waals surface area (Å²) in [6.07, 6.45) is 0. The molecule has 0 amide bonds. The number of ether oxygens (including phenoxy) is 1. The van der Waals surface area contributed by atoms with Crippen LogP contribution in [-0.2, 0) is 15.1 Å². The summed E-state index contributed by atoms with van der Waals surface area (Å²) in [6, 6.07) is 8.99. The van der Waals surface area contributed by atoms with Crippen molar-refractivity contribution in [2.45, 2.75) is 5.60 Å². The number of carbonyl (C=O) groups is 1. The molecule has 3 nitrogen and oxygen atoms in total. The molecule has 2 rings (SSSR count). The number of carboxylic acid groups (broad SMARTS) is 1. The minimum absolute atomic E-state index is 0.284. The van der Waals surface area contributed by atoms with Gasteiger partial charge in [0.15, 0.2) is 0 Å². The van der Waals surface area contributed by atoms with Crippen LogP contribution >= 0.6 is 0 Å². The van der Waals surface area contributed by atoms with Crippen molar-refractivity contribution < 1.29 is 14.6 Å². The molecule has 0 aliphatic carbocycles. The molecule has 1 aromatic carbocycles. The Morgan fingerprint density at radius 1 is 1.42 bits per heavy atom. The molecule has 0 unspecified atom stereocenters. The van der Waals surface area contributed by atoms with Crippen molar-refractivity contribution in [2.24, 2.45) is 0 Å². The Bertz CT molecular complexity index is 301. The number of rotatable bonds is 2. The minimum atomic E-state index is -1.04. The van der Waals surface area contributed by atoms with E-state index < -0.39 is 11.6 Å². The summed E-state index contributed by atoms with van der Waals surface area (Å²) >= 11 is 0. The highest BCUT2D eigenvalue weighted by Gasteiger charge is 2.54. The van der Waals surface area contributed by atoms with Crippen molar-refractivity contribution in [1.82, 2.24) is 0 Å². The Morgan fingerprint density at radius 2 is 2.00 bits per heavy atom. The topological polar surface area (TPSA) is 49.8 Å². The first kappa shape index (κ1) is 7.31. The zero-order valence-electron chi connectivity index (χ0n) is 6.36. The first-order valence-corrected chi connectivity index (χ1v) is 3.68. The van der Waals surface area contributed by atoms with Crippen LogP contribution in [-0.4, -0.2) is 17.7 Å². The van der Waals surface area contributed by atoms with Crippen molar-refractivity contribution >= 4 is 5.97 Å². The molecule has 1 aliphatic rings. The van der Waals surface area contributed by atoms with Gasteiger partial charge in [-0.2, -0.15) is 0 Å². The summed E-state index contributed by atoms with van der Waals surface area (Å²) in [7, 11) is 0. The number of aliphatic carboxylic acids is 1. The first-order chi connectivity index (χ1) is 5.76. The highest BCUT2D eigenvalue weighted by atomic mass is 16.6. The molecule has 0 aromatic heterocycles. The SMILES string of the molecule is O=C(O)[C@]1(c2ccccc2)CO1. The Hall–Kier alpha value is -1.35. The van der Waals surface area contributed by atoms with Crippen LogP contribution in [0.4, 0.5) is 0 Å². The average Bonchev–Trinajstić information content (AvgIpc) is 2.86. The smallest absolute Gasteiger partial charge is 0.343 e. The third kappa shape index (κ3) is 0.905. The molecule has 1 N–H and O–H groups in total. The lowest BCUT2D eigenvalue weighted by molar-refractivity contribution is -0.143. The largest absolute Gasteiger partial charge is 0.479 e. The second-order valence-electron chi connectivity index (χ2n) is 2.79.